The van der Waals surface area contributed by atoms with Crippen LogP contribution in [0.2, 0.25) is 0 Å². The van der Waals surface area contributed by atoms with Crippen molar-refractivity contribution in [1.29, 1.82) is 5.41 Å². The van der Waals surface area contributed by atoms with Gasteiger partial charge in [-0.25, -0.2) is 0 Å². The standard InChI is InChI=1S/C8H10N2O/c1-11-8-4-2-3-7(10)6(8)5-9/h2-5,9H,10H2,1H3. The second-order valence-corrected chi connectivity index (χ2v) is 2.11. The van der Waals surface area contributed by atoms with Crippen LogP contribution in [0.5, 0.6) is 5.75 Å². The average molecular weight is 150 g/mol. The zero-order valence-corrected chi connectivity index (χ0v) is 6.29. The van der Waals surface area contributed by atoms with Crippen LogP contribution < -0.4 is 10.5 Å². The smallest absolute Gasteiger partial charge is 0.129 e. The Bertz CT molecular complexity index is 271. The number of nitrogens with two attached hydrogens (primary N) is 1. The summed E-state index contributed by atoms with van der Waals surface area (Å²) in [5.41, 5.74) is 6.78. The van der Waals surface area contributed by atoms with Gasteiger partial charge in [0.15, 0.2) is 0 Å². The summed E-state index contributed by atoms with van der Waals surface area (Å²) in [6.07, 6.45) is 1.19. The van der Waals surface area contributed by atoms with E-state index in [2.05, 4.69) is 0 Å². The van der Waals surface area contributed by atoms with E-state index in [9.17, 15) is 0 Å². The molecule has 1 aromatic carbocycles. The molecule has 0 saturated carbocycles. The summed E-state index contributed by atoms with van der Waals surface area (Å²) in [4.78, 5) is 0. The maximum Gasteiger partial charge on any atom is 0.129 e. The zero-order chi connectivity index (χ0) is 8.27. The summed E-state index contributed by atoms with van der Waals surface area (Å²) >= 11 is 0. The highest BCUT2D eigenvalue weighted by Crippen LogP contribution is 2.21. The molecular formula is C8H10N2O. The van der Waals surface area contributed by atoms with Gasteiger partial charge >= 0.3 is 0 Å². The van der Waals surface area contributed by atoms with E-state index in [-0.39, 0.29) is 0 Å². The predicted molar refractivity (Wildman–Crippen MR) is 45.3 cm³/mol. The van der Waals surface area contributed by atoms with Crippen molar-refractivity contribution in [2.75, 3.05) is 12.8 Å². The first-order valence-corrected chi connectivity index (χ1v) is 3.22. The number of nitrogens with one attached hydrogen (secondary N) is 1. The molecule has 3 N–H and O–H groups in total. The van der Waals surface area contributed by atoms with E-state index in [4.69, 9.17) is 15.9 Å². The van der Waals surface area contributed by atoms with Gasteiger partial charge in [-0.05, 0) is 12.1 Å². The lowest BCUT2D eigenvalue weighted by Gasteiger charge is -2.05. The summed E-state index contributed by atoms with van der Waals surface area (Å²) in [6.45, 7) is 0. The van der Waals surface area contributed by atoms with Gasteiger partial charge in [-0.1, -0.05) is 6.07 Å². The molecule has 0 aliphatic rings. The molecule has 0 saturated heterocycles. The zero-order valence-electron chi connectivity index (χ0n) is 6.29. The highest BCUT2D eigenvalue weighted by atomic mass is 16.5. The van der Waals surface area contributed by atoms with Gasteiger partial charge in [-0.3, -0.25) is 0 Å². The number of hydrogen-bond acceptors (Lipinski definition) is 3. The van der Waals surface area contributed by atoms with Crippen LogP contribution in [0, 0.1) is 5.41 Å². The molecule has 11 heavy (non-hydrogen) atoms. The van der Waals surface area contributed by atoms with Crippen LogP contribution in [0.4, 0.5) is 5.69 Å². The van der Waals surface area contributed by atoms with Gasteiger partial charge in [0, 0.05) is 11.9 Å². The number of hydrogen-bond donors (Lipinski definition) is 2. The normalized spacial score (nSPS) is 9.18. The molecule has 0 atom stereocenters. The molecule has 0 unspecified atom stereocenters. The summed E-state index contributed by atoms with van der Waals surface area (Å²) in [6, 6.07) is 5.31. The first-order chi connectivity index (χ1) is 5.29. The fourth-order valence-corrected chi connectivity index (χ4v) is 0.893. The summed E-state index contributed by atoms with van der Waals surface area (Å²) in [7, 11) is 1.56. The largest absolute Gasteiger partial charge is 0.496 e. The summed E-state index contributed by atoms with van der Waals surface area (Å²) in [5.74, 6) is 0.639. The Morgan fingerprint density at radius 3 is 2.73 bits per heavy atom. The fraction of sp³-hybridized carbons (Fsp3) is 0.125. The minimum atomic E-state index is 0.569. The highest BCUT2D eigenvalue weighted by Gasteiger charge is 2.01. The molecule has 3 heteroatoms. The number of benzene rings is 1. The Kier molecular flexibility index (Phi) is 2.11. The van der Waals surface area contributed by atoms with Crippen molar-refractivity contribution in [3.63, 3.8) is 0 Å². The van der Waals surface area contributed by atoms with Gasteiger partial charge in [0.2, 0.25) is 0 Å². The van der Waals surface area contributed by atoms with Crippen molar-refractivity contribution in [3.05, 3.63) is 23.8 Å². The maximum atomic E-state index is 7.04. The molecule has 0 aliphatic carbocycles. The molecule has 0 amide bonds. The molecular weight excluding hydrogens is 140 g/mol. The second kappa shape index (κ2) is 3.05. The van der Waals surface area contributed by atoms with Crippen LogP contribution >= 0.6 is 0 Å². The average Bonchev–Trinajstić information content (AvgIpc) is 2.04. The lowest BCUT2D eigenvalue weighted by molar-refractivity contribution is 0.414. The third-order valence-electron chi connectivity index (χ3n) is 1.46. The minimum Gasteiger partial charge on any atom is -0.496 e. The van der Waals surface area contributed by atoms with Crippen molar-refractivity contribution in [2.24, 2.45) is 0 Å². The minimum absolute atomic E-state index is 0.569. The van der Waals surface area contributed by atoms with Crippen molar-refractivity contribution in [3.8, 4) is 5.75 Å². The fourth-order valence-electron chi connectivity index (χ4n) is 0.893. The van der Waals surface area contributed by atoms with E-state index in [0.717, 1.165) is 0 Å². The van der Waals surface area contributed by atoms with Gasteiger partial charge in [0.25, 0.3) is 0 Å². The van der Waals surface area contributed by atoms with Crippen LogP contribution in [0.15, 0.2) is 18.2 Å². The van der Waals surface area contributed by atoms with Gasteiger partial charge < -0.3 is 15.9 Å². The topological polar surface area (TPSA) is 59.1 Å². The van der Waals surface area contributed by atoms with E-state index < -0.39 is 0 Å². The quantitative estimate of drug-likeness (QED) is 0.492. The van der Waals surface area contributed by atoms with Crippen LogP contribution in [0.1, 0.15) is 5.56 Å². The molecule has 1 aromatic rings. The third kappa shape index (κ3) is 1.32. The van der Waals surface area contributed by atoms with Crippen molar-refractivity contribution in [2.45, 2.75) is 0 Å². The number of anilines is 1. The lowest BCUT2D eigenvalue weighted by atomic mass is 10.2. The van der Waals surface area contributed by atoms with Crippen molar-refractivity contribution < 1.29 is 4.74 Å². The number of ether oxygens (including phenoxy) is 1. The molecule has 58 valence electrons. The number of nitrogen functional groups attached to an aromatic ring is 1. The van der Waals surface area contributed by atoms with Crippen LogP contribution in [-0.4, -0.2) is 13.3 Å². The Labute approximate surface area is 65.3 Å². The Balaban J connectivity index is 3.24. The predicted octanol–water partition coefficient (Wildman–Crippen LogP) is 1.28. The highest BCUT2D eigenvalue weighted by molar-refractivity contribution is 5.88. The van der Waals surface area contributed by atoms with Crippen LogP contribution in [0.3, 0.4) is 0 Å². The summed E-state index contributed by atoms with van der Waals surface area (Å²) in [5, 5.41) is 7.04. The first kappa shape index (κ1) is 7.60. The van der Waals surface area contributed by atoms with Crippen LogP contribution in [-0.2, 0) is 0 Å². The molecule has 0 bridgehead atoms. The molecule has 1 rings (SSSR count). The molecule has 0 spiro atoms. The summed E-state index contributed by atoms with van der Waals surface area (Å²) < 4.78 is 4.99. The molecule has 0 fully saturated rings. The molecule has 0 radical (unpaired) electrons. The van der Waals surface area contributed by atoms with E-state index in [1.807, 2.05) is 0 Å². The SMILES string of the molecule is COc1cccc(N)c1C=N. The maximum absolute atomic E-state index is 7.04. The molecule has 0 heterocycles. The number of rotatable bonds is 2. The van der Waals surface area contributed by atoms with Gasteiger partial charge in [-0.15, -0.1) is 0 Å². The monoisotopic (exact) mass is 150 g/mol. The van der Waals surface area contributed by atoms with Gasteiger partial charge in [0.05, 0.1) is 12.7 Å². The Hall–Kier alpha value is -1.51. The van der Waals surface area contributed by atoms with Crippen LogP contribution in [0.25, 0.3) is 0 Å². The van der Waals surface area contributed by atoms with Gasteiger partial charge in [-0.2, -0.15) is 0 Å². The Morgan fingerprint density at radius 1 is 1.55 bits per heavy atom. The van der Waals surface area contributed by atoms with E-state index in [1.54, 1.807) is 25.3 Å². The first-order valence-electron chi connectivity index (χ1n) is 3.22. The lowest BCUT2D eigenvalue weighted by Crippen LogP contribution is -1.96. The van der Waals surface area contributed by atoms with Gasteiger partial charge in [0.1, 0.15) is 5.75 Å². The van der Waals surface area contributed by atoms with E-state index in [1.165, 1.54) is 6.21 Å². The third-order valence-corrected chi connectivity index (χ3v) is 1.46. The van der Waals surface area contributed by atoms with Crippen molar-refractivity contribution >= 4 is 11.9 Å². The van der Waals surface area contributed by atoms with E-state index >= 15 is 0 Å². The van der Waals surface area contributed by atoms with E-state index in [0.29, 0.717) is 17.0 Å². The second-order valence-electron chi connectivity index (χ2n) is 2.11. The molecule has 3 nitrogen and oxygen atoms in total. The van der Waals surface area contributed by atoms with Crippen molar-refractivity contribution in [1.82, 2.24) is 0 Å². The molecule has 0 aliphatic heterocycles. The molecule has 0 aromatic heterocycles. The Morgan fingerprint density at radius 2 is 2.27 bits per heavy atom. The number of methoxy groups -OCH3 is 1.